The van der Waals surface area contributed by atoms with Crippen LogP contribution in [0.15, 0.2) is 30.3 Å². The molecule has 0 aliphatic rings. The Morgan fingerprint density at radius 1 is 1.22 bits per heavy atom. The lowest BCUT2D eigenvalue weighted by molar-refractivity contribution is 0.181. The van der Waals surface area contributed by atoms with Gasteiger partial charge < -0.3 is 10.2 Å². The second-order valence-electron chi connectivity index (χ2n) is 4.65. The molecule has 0 fully saturated rings. The predicted molar refractivity (Wildman–Crippen MR) is 75.2 cm³/mol. The molecule has 2 nitrogen and oxygen atoms in total. The minimum absolute atomic E-state index is 0.303. The highest BCUT2D eigenvalue weighted by Gasteiger charge is 2.10. The van der Waals surface area contributed by atoms with E-state index in [0.29, 0.717) is 10.8 Å². The molecule has 0 bridgehead atoms. The topological polar surface area (TPSA) is 40.5 Å². The van der Waals surface area contributed by atoms with E-state index >= 15 is 0 Å². The van der Waals surface area contributed by atoms with E-state index in [2.05, 4.69) is 0 Å². The summed E-state index contributed by atoms with van der Waals surface area (Å²) in [5, 5.41) is 21.8. The van der Waals surface area contributed by atoms with Crippen LogP contribution in [0.3, 0.4) is 0 Å². The van der Waals surface area contributed by atoms with Crippen LogP contribution in [0.5, 0.6) is 5.75 Å². The van der Waals surface area contributed by atoms with Crippen LogP contribution in [0.4, 0.5) is 0 Å². The van der Waals surface area contributed by atoms with Crippen molar-refractivity contribution in [3.8, 4) is 5.75 Å². The smallest absolute Gasteiger partial charge is 0.126 e. The number of halogens is 1. The van der Waals surface area contributed by atoms with Gasteiger partial charge in [-0.2, -0.15) is 0 Å². The largest absolute Gasteiger partial charge is 0.507 e. The zero-order valence-corrected chi connectivity index (χ0v) is 11.1. The number of benzene rings is 2. The van der Waals surface area contributed by atoms with Gasteiger partial charge in [0.15, 0.2) is 0 Å². The van der Waals surface area contributed by atoms with Crippen LogP contribution in [-0.2, 0) is 6.42 Å². The molecule has 2 aromatic carbocycles. The number of aliphatic hydroxyl groups is 1. The number of hydrogen-bond donors (Lipinski definition) is 2. The molecule has 1 atom stereocenters. The standard InChI is InChI=1S/C15H17ClO2/c1-10(17)5-4-6-11-9-14(16)12-7-2-3-8-13(12)15(11)18/h2-3,7-10,17-18H,4-6H2,1H3/t10-/m0/s1. The van der Waals surface area contributed by atoms with Gasteiger partial charge in [-0.1, -0.05) is 35.9 Å². The lowest BCUT2D eigenvalue weighted by Crippen LogP contribution is -2.00. The fourth-order valence-electron chi connectivity index (χ4n) is 2.15. The molecule has 0 saturated heterocycles. The minimum Gasteiger partial charge on any atom is -0.507 e. The molecule has 2 aromatic rings. The summed E-state index contributed by atoms with van der Waals surface area (Å²) in [6, 6.07) is 9.38. The normalized spacial score (nSPS) is 12.8. The molecule has 0 aliphatic heterocycles. The van der Waals surface area contributed by atoms with Crippen LogP contribution in [-0.4, -0.2) is 16.3 Å². The average Bonchev–Trinajstić information content (AvgIpc) is 2.35. The number of aliphatic hydroxyl groups excluding tert-OH is 1. The third-order valence-electron chi connectivity index (χ3n) is 3.11. The Morgan fingerprint density at radius 3 is 2.56 bits per heavy atom. The van der Waals surface area contributed by atoms with Crippen LogP contribution in [0.2, 0.25) is 5.02 Å². The number of aromatic hydroxyl groups is 1. The fourth-order valence-corrected chi connectivity index (χ4v) is 2.44. The predicted octanol–water partition coefficient (Wildman–Crippen LogP) is 3.90. The van der Waals surface area contributed by atoms with E-state index in [4.69, 9.17) is 11.6 Å². The number of phenolic OH excluding ortho intramolecular Hbond substituents is 1. The molecule has 0 radical (unpaired) electrons. The van der Waals surface area contributed by atoms with Crippen molar-refractivity contribution in [2.24, 2.45) is 0 Å². The van der Waals surface area contributed by atoms with E-state index in [1.807, 2.05) is 30.3 Å². The van der Waals surface area contributed by atoms with Crippen LogP contribution >= 0.6 is 11.6 Å². The van der Waals surface area contributed by atoms with Crippen molar-refractivity contribution in [3.05, 3.63) is 40.9 Å². The van der Waals surface area contributed by atoms with Crippen molar-refractivity contribution in [1.82, 2.24) is 0 Å². The van der Waals surface area contributed by atoms with E-state index in [1.54, 1.807) is 6.92 Å². The maximum atomic E-state index is 10.2. The van der Waals surface area contributed by atoms with Gasteiger partial charge in [0.05, 0.1) is 6.10 Å². The molecule has 0 heterocycles. The maximum absolute atomic E-state index is 10.2. The van der Waals surface area contributed by atoms with Crippen molar-refractivity contribution in [2.45, 2.75) is 32.3 Å². The quantitative estimate of drug-likeness (QED) is 0.879. The second kappa shape index (κ2) is 5.59. The molecule has 0 amide bonds. The lowest BCUT2D eigenvalue weighted by atomic mass is 10.0. The molecule has 2 rings (SSSR count). The molecular weight excluding hydrogens is 248 g/mol. The summed E-state index contributed by atoms with van der Waals surface area (Å²) < 4.78 is 0. The number of phenols is 1. The summed E-state index contributed by atoms with van der Waals surface area (Å²) in [4.78, 5) is 0. The first kappa shape index (κ1) is 13.2. The number of hydrogen-bond acceptors (Lipinski definition) is 2. The van der Waals surface area contributed by atoms with Crippen molar-refractivity contribution in [3.63, 3.8) is 0 Å². The summed E-state index contributed by atoms with van der Waals surface area (Å²) in [7, 11) is 0. The minimum atomic E-state index is -0.303. The third-order valence-corrected chi connectivity index (χ3v) is 3.43. The van der Waals surface area contributed by atoms with Crippen LogP contribution in [0.1, 0.15) is 25.3 Å². The van der Waals surface area contributed by atoms with Gasteiger partial charge in [0, 0.05) is 15.8 Å². The van der Waals surface area contributed by atoms with Gasteiger partial charge in [-0.25, -0.2) is 0 Å². The molecule has 0 saturated carbocycles. The maximum Gasteiger partial charge on any atom is 0.126 e. The summed E-state index contributed by atoms with van der Waals surface area (Å²) in [6.07, 6.45) is 1.98. The lowest BCUT2D eigenvalue weighted by Gasteiger charge is -2.10. The molecular formula is C15H17ClO2. The summed E-state index contributed by atoms with van der Waals surface area (Å²) in [5.74, 6) is 0.306. The van der Waals surface area contributed by atoms with Crippen LogP contribution in [0.25, 0.3) is 10.8 Å². The second-order valence-corrected chi connectivity index (χ2v) is 5.06. The number of fused-ring (bicyclic) bond motifs is 1. The summed E-state index contributed by atoms with van der Waals surface area (Å²) in [6.45, 7) is 1.77. The number of rotatable bonds is 4. The highest BCUT2D eigenvalue weighted by Crippen LogP contribution is 2.34. The summed E-state index contributed by atoms with van der Waals surface area (Å²) >= 11 is 6.22. The van der Waals surface area contributed by atoms with Crippen molar-refractivity contribution in [2.75, 3.05) is 0 Å². The third kappa shape index (κ3) is 2.77. The summed E-state index contributed by atoms with van der Waals surface area (Å²) in [5.41, 5.74) is 0.847. The first-order valence-corrected chi connectivity index (χ1v) is 6.54. The van der Waals surface area contributed by atoms with E-state index in [9.17, 15) is 10.2 Å². The van der Waals surface area contributed by atoms with Crippen LogP contribution in [0, 0.1) is 0 Å². The molecule has 0 spiro atoms. The van der Waals surface area contributed by atoms with Gasteiger partial charge in [-0.05, 0) is 37.8 Å². The van der Waals surface area contributed by atoms with Crippen molar-refractivity contribution >= 4 is 22.4 Å². The monoisotopic (exact) mass is 264 g/mol. The van der Waals surface area contributed by atoms with Gasteiger partial charge in [0.2, 0.25) is 0 Å². The number of aryl methyl sites for hydroxylation is 1. The highest BCUT2D eigenvalue weighted by molar-refractivity contribution is 6.35. The Hall–Kier alpha value is -1.25. The SMILES string of the molecule is C[C@H](O)CCCc1cc(Cl)c2ccccc2c1O. The Balaban J connectivity index is 2.31. The Morgan fingerprint density at radius 2 is 1.89 bits per heavy atom. The highest BCUT2D eigenvalue weighted by atomic mass is 35.5. The van der Waals surface area contributed by atoms with Gasteiger partial charge in [0.1, 0.15) is 5.75 Å². The van der Waals surface area contributed by atoms with E-state index in [-0.39, 0.29) is 6.10 Å². The Bertz CT molecular complexity index is 549. The Kier molecular flexibility index (Phi) is 4.10. The van der Waals surface area contributed by atoms with Gasteiger partial charge in [-0.3, -0.25) is 0 Å². The molecule has 96 valence electrons. The van der Waals surface area contributed by atoms with E-state index in [1.165, 1.54) is 0 Å². The average molecular weight is 265 g/mol. The zero-order valence-electron chi connectivity index (χ0n) is 10.4. The van der Waals surface area contributed by atoms with Crippen molar-refractivity contribution in [1.29, 1.82) is 0 Å². The molecule has 0 aliphatic carbocycles. The first-order valence-electron chi connectivity index (χ1n) is 6.16. The van der Waals surface area contributed by atoms with Gasteiger partial charge >= 0.3 is 0 Å². The molecule has 0 unspecified atom stereocenters. The zero-order chi connectivity index (χ0) is 13.1. The van der Waals surface area contributed by atoms with E-state index in [0.717, 1.165) is 35.6 Å². The molecule has 2 N–H and O–H groups in total. The fraction of sp³-hybridized carbons (Fsp3) is 0.333. The molecule has 0 aromatic heterocycles. The van der Waals surface area contributed by atoms with Crippen LogP contribution < -0.4 is 0 Å². The molecule has 18 heavy (non-hydrogen) atoms. The van der Waals surface area contributed by atoms with Gasteiger partial charge in [0.25, 0.3) is 0 Å². The van der Waals surface area contributed by atoms with Gasteiger partial charge in [-0.15, -0.1) is 0 Å². The van der Waals surface area contributed by atoms with Crippen molar-refractivity contribution < 1.29 is 10.2 Å². The first-order chi connectivity index (χ1) is 8.59. The Labute approximate surface area is 112 Å². The van der Waals surface area contributed by atoms with E-state index < -0.39 is 0 Å². The molecule has 3 heteroatoms.